The van der Waals surface area contributed by atoms with Crippen LogP contribution >= 0.6 is 0 Å². The van der Waals surface area contributed by atoms with Crippen molar-refractivity contribution in [1.29, 1.82) is 0 Å². The number of alkyl halides is 3. The van der Waals surface area contributed by atoms with Crippen LogP contribution in [-0.2, 0) is 17.4 Å². The predicted octanol–water partition coefficient (Wildman–Crippen LogP) is 5.23. The normalized spacial score (nSPS) is 15.0. The van der Waals surface area contributed by atoms with Crippen LogP contribution in [0.1, 0.15) is 54.0 Å². The number of amides is 1. The Morgan fingerprint density at radius 3 is 2.47 bits per heavy atom. The number of nitrogens with zero attached hydrogens (tertiary/aromatic N) is 5. The molecule has 4 rings (SSSR count). The number of hydrogen-bond donors (Lipinski definition) is 0. The third-order valence-electron chi connectivity index (χ3n) is 6.26. The van der Waals surface area contributed by atoms with Gasteiger partial charge in [-0.1, -0.05) is 11.2 Å². The molecule has 0 radical (unpaired) electrons. The van der Waals surface area contributed by atoms with E-state index >= 15 is 0 Å². The maximum absolute atomic E-state index is 14.0. The summed E-state index contributed by atoms with van der Waals surface area (Å²) >= 11 is 0. The van der Waals surface area contributed by atoms with Crippen molar-refractivity contribution in [3.63, 3.8) is 0 Å². The van der Waals surface area contributed by atoms with E-state index in [9.17, 15) is 26.7 Å². The number of benzene rings is 1. The van der Waals surface area contributed by atoms with E-state index in [4.69, 9.17) is 4.84 Å². The molecule has 1 saturated heterocycles. The minimum Gasteiger partial charge on any atom is -0.357 e. The molecular weight excluding hydrogens is 509 g/mol. The maximum Gasteiger partial charge on any atom is 0.433 e. The van der Waals surface area contributed by atoms with E-state index in [-0.39, 0.29) is 29.6 Å². The number of piperidine rings is 1. The third kappa shape index (κ3) is 6.29. The Labute approximate surface area is 215 Å². The van der Waals surface area contributed by atoms with Crippen LogP contribution < -0.4 is 4.84 Å². The largest absolute Gasteiger partial charge is 0.433 e. The van der Waals surface area contributed by atoms with Gasteiger partial charge in [0, 0.05) is 54.7 Å². The summed E-state index contributed by atoms with van der Waals surface area (Å²) in [6, 6.07) is 5.50. The van der Waals surface area contributed by atoms with E-state index < -0.39 is 23.5 Å². The molecule has 2 aromatic heterocycles. The predicted molar refractivity (Wildman–Crippen MR) is 127 cm³/mol. The number of aromatic nitrogens is 3. The Hall–Kier alpha value is -3.96. The first-order valence-electron chi connectivity index (χ1n) is 11.8. The Kier molecular flexibility index (Phi) is 7.98. The first kappa shape index (κ1) is 27.1. The lowest BCUT2D eigenvalue weighted by Crippen LogP contribution is -2.39. The second kappa shape index (κ2) is 11.2. The number of rotatable bonds is 6. The highest BCUT2D eigenvalue weighted by atomic mass is 19.4. The molecule has 3 heterocycles. The zero-order valence-corrected chi connectivity index (χ0v) is 20.6. The first-order valence-corrected chi connectivity index (χ1v) is 11.8. The quantitative estimate of drug-likeness (QED) is 0.246. The number of carbonyl (C=O) groups is 1. The fraction of sp³-hybridized carbons (Fsp3) is 0.346. The molecule has 1 aliphatic rings. The van der Waals surface area contributed by atoms with Gasteiger partial charge < -0.3 is 9.74 Å². The molecule has 0 saturated carbocycles. The third-order valence-corrected chi connectivity index (χ3v) is 6.26. The Bertz CT molecular complexity index is 1330. The van der Waals surface area contributed by atoms with Crippen molar-refractivity contribution < 1.29 is 31.6 Å². The molecule has 0 unspecified atom stereocenters. The van der Waals surface area contributed by atoms with Gasteiger partial charge in [-0.3, -0.25) is 9.78 Å². The van der Waals surface area contributed by atoms with Crippen LogP contribution in [0.25, 0.3) is 0 Å². The minimum absolute atomic E-state index is 0.0659. The summed E-state index contributed by atoms with van der Waals surface area (Å²) in [6.07, 6.45) is -1.33. The van der Waals surface area contributed by atoms with Crippen molar-refractivity contribution in [2.45, 2.75) is 45.2 Å². The lowest BCUT2D eigenvalue weighted by molar-refractivity contribution is -0.141. The highest BCUT2D eigenvalue weighted by Crippen LogP contribution is 2.31. The van der Waals surface area contributed by atoms with Crippen LogP contribution in [-0.4, -0.2) is 44.6 Å². The van der Waals surface area contributed by atoms with E-state index in [0.29, 0.717) is 48.7 Å². The second-order valence-corrected chi connectivity index (χ2v) is 8.89. The van der Waals surface area contributed by atoms with Gasteiger partial charge in [-0.05, 0) is 38.8 Å². The first-order chi connectivity index (χ1) is 18.0. The van der Waals surface area contributed by atoms with E-state index in [2.05, 4.69) is 20.1 Å². The highest BCUT2D eigenvalue weighted by molar-refractivity contribution is 5.99. The summed E-state index contributed by atoms with van der Waals surface area (Å²) < 4.78 is 66.7. The molecule has 200 valence electrons. The molecule has 0 N–H and O–H groups in total. The number of likely N-dealkylation sites (tertiary alicyclic amines) is 1. The van der Waals surface area contributed by atoms with Gasteiger partial charge in [-0.15, -0.1) is 0 Å². The molecule has 7 nitrogen and oxygen atoms in total. The second-order valence-electron chi connectivity index (χ2n) is 8.89. The Balaban J connectivity index is 1.46. The van der Waals surface area contributed by atoms with E-state index in [1.165, 1.54) is 12.1 Å². The van der Waals surface area contributed by atoms with E-state index in [0.717, 1.165) is 24.4 Å². The van der Waals surface area contributed by atoms with Crippen LogP contribution in [0.2, 0.25) is 0 Å². The lowest BCUT2D eigenvalue weighted by atomic mass is 9.89. The van der Waals surface area contributed by atoms with Gasteiger partial charge in [0.15, 0.2) is 5.75 Å². The van der Waals surface area contributed by atoms with Crippen molar-refractivity contribution in [1.82, 2.24) is 19.9 Å². The van der Waals surface area contributed by atoms with Crippen LogP contribution in [0.15, 0.2) is 47.9 Å². The molecule has 0 spiro atoms. The summed E-state index contributed by atoms with van der Waals surface area (Å²) in [5, 5.41) is 3.99. The molecule has 1 aromatic carbocycles. The van der Waals surface area contributed by atoms with Crippen LogP contribution in [0, 0.1) is 18.6 Å². The molecule has 12 heteroatoms. The van der Waals surface area contributed by atoms with E-state index in [1.54, 1.807) is 24.9 Å². The summed E-state index contributed by atoms with van der Waals surface area (Å²) in [5.41, 5.74) is 0.260. The summed E-state index contributed by atoms with van der Waals surface area (Å²) in [6.45, 7) is 4.09. The van der Waals surface area contributed by atoms with Crippen LogP contribution in [0.4, 0.5) is 22.0 Å². The molecule has 3 aromatic rings. The number of halogens is 5. The Morgan fingerprint density at radius 1 is 1.13 bits per heavy atom. The number of hydrogen-bond acceptors (Lipinski definition) is 6. The topological polar surface area (TPSA) is 80.6 Å². The summed E-state index contributed by atoms with van der Waals surface area (Å²) in [5.74, 6) is -1.55. The van der Waals surface area contributed by atoms with Gasteiger partial charge >= 0.3 is 6.18 Å². The molecule has 1 amide bonds. The maximum atomic E-state index is 14.0. The SMILES string of the molecule is C/C(=N/Oc1ccnc(C(F)(F)F)c1)c1cnc(C)nc1C1CCN(C(=O)Cc2c(F)cccc2F)CC1. The van der Waals surface area contributed by atoms with Crippen LogP contribution in [0.3, 0.4) is 0 Å². The highest BCUT2D eigenvalue weighted by Gasteiger charge is 2.33. The van der Waals surface area contributed by atoms with Crippen molar-refractivity contribution in [3.8, 4) is 5.75 Å². The lowest BCUT2D eigenvalue weighted by Gasteiger charge is -2.32. The van der Waals surface area contributed by atoms with Gasteiger partial charge in [0.05, 0.1) is 17.8 Å². The standard InChI is InChI=1S/C26H24F5N5O2/c1-15(35-38-18-6-9-32-23(12-18)26(29,30)31)20-14-33-16(2)34-25(20)17-7-10-36(11-8-17)24(37)13-19-21(27)4-3-5-22(19)28/h3-6,9,12,14,17H,7-8,10-11,13H2,1-2H3/b35-15-. The van der Waals surface area contributed by atoms with Gasteiger partial charge in [-0.25, -0.2) is 18.7 Å². The molecular formula is C26H24F5N5O2. The van der Waals surface area contributed by atoms with Gasteiger partial charge in [0.2, 0.25) is 5.91 Å². The van der Waals surface area contributed by atoms with Gasteiger partial charge in [-0.2, -0.15) is 13.2 Å². The van der Waals surface area contributed by atoms with Crippen molar-refractivity contribution >= 4 is 11.6 Å². The van der Waals surface area contributed by atoms with Crippen molar-refractivity contribution in [2.75, 3.05) is 13.1 Å². The van der Waals surface area contributed by atoms with Crippen molar-refractivity contribution in [3.05, 3.63) is 82.7 Å². The van der Waals surface area contributed by atoms with Gasteiger partial charge in [0.1, 0.15) is 23.2 Å². The Morgan fingerprint density at radius 2 is 1.82 bits per heavy atom. The number of carbonyl (C=O) groups excluding carboxylic acids is 1. The molecule has 0 atom stereocenters. The fourth-order valence-corrected chi connectivity index (χ4v) is 4.24. The zero-order chi connectivity index (χ0) is 27.4. The monoisotopic (exact) mass is 533 g/mol. The minimum atomic E-state index is -4.62. The number of pyridine rings is 1. The molecule has 1 fully saturated rings. The molecule has 38 heavy (non-hydrogen) atoms. The average Bonchev–Trinajstić information content (AvgIpc) is 2.89. The zero-order valence-electron chi connectivity index (χ0n) is 20.6. The summed E-state index contributed by atoms with van der Waals surface area (Å²) in [7, 11) is 0. The van der Waals surface area contributed by atoms with E-state index in [1.807, 2.05) is 0 Å². The summed E-state index contributed by atoms with van der Waals surface area (Å²) in [4.78, 5) is 31.6. The molecule has 1 aliphatic heterocycles. The molecule has 0 bridgehead atoms. The van der Waals surface area contributed by atoms with Gasteiger partial charge in [0.25, 0.3) is 0 Å². The number of aryl methyl sites for hydroxylation is 1. The van der Waals surface area contributed by atoms with Crippen molar-refractivity contribution in [2.24, 2.45) is 5.16 Å². The molecule has 0 aliphatic carbocycles. The number of oxime groups is 1. The van der Waals surface area contributed by atoms with Crippen LogP contribution in [0.5, 0.6) is 5.75 Å². The smallest absolute Gasteiger partial charge is 0.357 e. The fourth-order valence-electron chi connectivity index (χ4n) is 4.24. The average molecular weight is 534 g/mol.